The highest BCUT2D eigenvalue weighted by Crippen LogP contribution is 2.34. The summed E-state index contributed by atoms with van der Waals surface area (Å²) in [5.74, 6) is -1.34. The number of likely N-dealkylation sites (tertiary alicyclic amines) is 1. The number of ether oxygens (including phenoxy) is 3. The Hall–Kier alpha value is -2.57. The van der Waals surface area contributed by atoms with Gasteiger partial charge in [0.1, 0.15) is 12.2 Å². The Bertz CT molecular complexity index is 697. The van der Waals surface area contributed by atoms with E-state index in [0.29, 0.717) is 13.0 Å². The van der Waals surface area contributed by atoms with Crippen LogP contribution < -0.4 is 0 Å². The van der Waals surface area contributed by atoms with Crippen molar-refractivity contribution in [1.29, 1.82) is 0 Å². The van der Waals surface area contributed by atoms with Crippen LogP contribution in [0.4, 0.5) is 4.79 Å². The lowest BCUT2D eigenvalue weighted by Gasteiger charge is -2.39. The smallest absolute Gasteiger partial charge is 0.410 e. The molecular weight excluding hydrogens is 362 g/mol. The molecule has 0 saturated carbocycles. The zero-order valence-electron chi connectivity index (χ0n) is 17.0. The molecule has 0 N–H and O–H groups in total. The van der Waals surface area contributed by atoms with Crippen LogP contribution in [0.25, 0.3) is 0 Å². The van der Waals surface area contributed by atoms with E-state index in [9.17, 15) is 14.4 Å². The Morgan fingerprint density at radius 3 is 2.32 bits per heavy atom. The predicted molar refractivity (Wildman–Crippen MR) is 102 cm³/mol. The van der Waals surface area contributed by atoms with Gasteiger partial charge < -0.3 is 19.1 Å². The van der Waals surface area contributed by atoms with Gasteiger partial charge in [-0.1, -0.05) is 30.3 Å². The van der Waals surface area contributed by atoms with Gasteiger partial charge in [0.05, 0.1) is 13.2 Å². The molecule has 1 aliphatic heterocycles. The molecule has 7 heteroatoms. The molecule has 1 heterocycles. The summed E-state index contributed by atoms with van der Waals surface area (Å²) in [5.41, 5.74) is -1.40. The van der Waals surface area contributed by atoms with Crippen molar-refractivity contribution in [3.05, 3.63) is 35.9 Å². The van der Waals surface area contributed by atoms with Gasteiger partial charge in [0.25, 0.3) is 0 Å². The standard InChI is InChI=1S/C21H29NO6/c1-5-26-17(23)21(18(24)27-14-16-10-7-6-8-11-16)12-9-13-22(15-21)19(25)28-20(2,3)4/h6-8,10-11H,5,9,12-15H2,1-4H3. The predicted octanol–water partition coefficient (Wildman–Crippen LogP) is 3.31. The maximum atomic E-state index is 13.0. The third kappa shape index (κ3) is 5.47. The number of benzene rings is 1. The first-order valence-corrected chi connectivity index (χ1v) is 9.54. The first-order chi connectivity index (χ1) is 13.2. The van der Waals surface area contributed by atoms with Crippen molar-refractivity contribution < 1.29 is 28.6 Å². The number of hydrogen-bond donors (Lipinski definition) is 0. The topological polar surface area (TPSA) is 82.1 Å². The fourth-order valence-corrected chi connectivity index (χ4v) is 3.09. The number of nitrogens with zero attached hydrogens (tertiary/aromatic N) is 1. The number of rotatable bonds is 5. The highest BCUT2D eigenvalue weighted by Gasteiger charge is 2.53. The summed E-state index contributed by atoms with van der Waals surface area (Å²) in [6.07, 6.45) is 0.175. The molecular formula is C21H29NO6. The maximum absolute atomic E-state index is 13.0. The number of carbonyl (C=O) groups is 3. The maximum Gasteiger partial charge on any atom is 0.410 e. The first kappa shape index (κ1) is 21.7. The molecule has 1 aromatic carbocycles. The molecule has 0 spiro atoms. The Kier molecular flexibility index (Phi) is 7.05. The van der Waals surface area contributed by atoms with Crippen LogP contribution in [-0.4, -0.2) is 48.2 Å². The van der Waals surface area contributed by atoms with E-state index < -0.39 is 29.0 Å². The average Bonchev–Trinajstić information content (AvgIpc) is 2.65. The monoisotopic (exact) mass is 391 g/mol. The number of carbonyl (C=O) groups excluding carboxylic acids is 3. The van der Waals surface area contributed by atoms with Gasteiger partial charge in [-0.15, -0.1) is 0 Å². The van der Waals surface area contributed by atoms with Gasteiger partial charge >= 0.3 is 18.0 Å². The van der Waals surface area contributed by atoms with Gasteiger partial charge in [-0.3, -0.25) is 9.59 Å². The van der Waals surface area contributed by atoms with Crippen molar-refractivity contribution in [2.75, 3.05) is 19.7 Å². The second-order valence-corrected chi connectivity index (χ2v) is 7.87. The van der Waals surface area contributed by atoms with Crippen LogP contribution in [0.1, 0.15) is 46.1 Å². The van der Waals surface area contributed by atoms with Crippen LogP contribution in [0.2, 0.25) is 0 Å². The minimum Gasteiger partial charge on any atom is -0.465 e. The molecule has 1 unspecified atom stereocenters. The molecule has 0 aliphatic carbocycles. The molecule has 1 aliphatic rings. The minimum atomic E-state index is -1.54. The molecule has 0 aromatic heterocycles. The SMILES string of the molecule is CCOC(=O)C1(C(=O)OCc2ccccc2)CCCN(C(=O)OC(C)(C)C)C1. The Labute approximate surface area is 165 Å². The highest BCUT2D eigenvalue weighted by atomic mass is 16.6. The van der Waals surface area contributed by atoms with Gasteiger partial charge in [-0.25, -0.2) is 4.79 Å². The zero-order chi connectivity index (χ0) is 20.8. The lowest BCUT2D eigenvalue weighted by Crippen LogP contribution is -2.55. The molecule has 7 nitrogen and oxygen atoms in total. The van der Waals surface area contributed by atoms with Gasteiger partial charge in [0.15, 0.2) is 5.41 Å². The molecule has 154 valence electrons. The molecule has 1 atom stereocenters. The van der Waals surface area contributed by atoms with E-state index >= 15 is 0 Å². The molecule has 1 fully saturated rings. The normalized spacial score (nSPS) is 19.6. The van der Waals surface area contributed by atoms with Crippen LogP contribution in [0.5, 0.6) is 0 Å². The zero-order valence-corrected chi connectivity index (χ0v) is 17.0. The van der Waals surface area contributed by atoms with Crippen LogP contribution in [0.3, 0.4) is 0 Å². The fraction of sp³-hybridized carbons (Fsp3) is 0.571. The summed E-state index contributed by atoms with van der Waals surface area (Å²) in [4.78, 5) is 39.6. The van der Waals surface area contributed by atoms with Crippen molar-refractivity contribution in [2.24, 2.45) is 5.41 Å². The molecule has 28 heavy (non-hydrogen) atoms. The number of amides is 1. The van der Waals surface area contributed by atoms with Crippen molar-refractivity contribution >= 4 is 18.0 Å². The molecule has 1 aromatic rings. The van der Waals surface area contributed by atoms with Gasteiger partial charge in [-0.2, -0.15) is 0 Å². The summed E-state index contributed by atoms with van der Waals surface area (Å²) in [6.45, 7) is 7.45. The van der Waals surface area contributed by atoms with Crippen molar-refractivity contribution in [3.8, 4) is 0 Å². The van der Waals surface area contributed by atoms with E-state index in [0.717, 1.165) is 5.56 Å². The fourth-order valence-electron chi connectivity index (χ4n) is 3.09. The summed E-state index contributed by atoms with van der Waals surface area (Å²) < 4.78 is 16.0. The van der Waals surface area contributed by atoms with Crippen molar-refractivity contribution in [3.63, 3.8) is 0 Å². The van der Waals surface area contributed by atoms with E-state index in [4.69, 9.17) is 14.2 Å². The summed E-state index contributed by atoms with van der Waals surface area (Å²) in [7, 11) is 0. The second-order valence-electron chi connectivity index (χ2n) is 7.87. The Balaban J connectivity index is 2.18. The second kappa shape index (κ2) is 9.08. The highest BCUT2D eigenvalue weighted by molar-refractivity contribution is 6.01. The summed E-state index contributed by atoms with van der Waals surface area (Å²) in [5, 5.41) is 0. The number of piperidine rings is 1. The van der Waals surface area contributed by atoms with Gasteiger partial charge in [0, 0.05) is 6.54 Å². The van der Waals surface area contributed by atoms with Crippen LogP contribution in [-0.2, 0) is 30.4 Å². The van der Waals surface area contributed by atoms with Crippen molar-refractivity contribution in [2.45, 2.75) is 52.7 Å². The molecule has 1 amide bonds. The Morgan fingerprint density at radius 1 is 1.07 bits per heavy atom. The Morgan fingerprint density at radius 2 is 1.71 bits per heavy atom. The van der Waals surface area contributed by atoms with E-state index in [1.165, 1.54) is 4.90 Å². The number of esters is 2. The molecule has 0 bridgehead atoms. The first-order valence-electron chi connectivity index (χ1n) is 9.54. The largest absolute Gasteiger partial charge is 0.465 e. The van der Waals surface area contributed by atoms with Crippen LogP contribution in [0.15, 0.2) is 30.3 Å². The lowest BCUT2D eigenvalue weighted by molar-refractivity contribution is -0.177. The average molecular weight is 391 g/mol. The third-order valence-electron chi connectivity index (χ3n) is 4.41. The van der Waals surface area contributed by atoms with Crippen LogP contribution >= 0.6 is 0 Å². The van der Waals surface area contributed by atoms with E-state index in [1.54, 1.807) is 27.7 Å². The third-order valence-corrected chi connectivity index (χ3v) is 4.41. The summed E-state index contributed by atoms with van der Waals surface area (Å²) >= 11 is 0. The summed E-state index contributed by atoms with van der Waals surface area (Å²) in [6, 6.07) is 9.21. The van der Waals surface area contributed by atoms with Gasteiger partial charge in [0.2, 0.25) is 0 Å². The minimum absolute atomic E-state index is 0.0489. The molecule has 2 rings (SSSR count). The van der Waals surface area contributed by atoms with Gasteiger partial charge in [-0.05, 0) is 46.1 Å². The molecule has 0 radical (unpaired) electrons. The van der Waals surface area contributed by atoms with Crippen molar-refractivity contribution in [1.82, 2.24) is 4.90 Å². The molecule has 1 saturated heterocycles. The number of hydrogen-bond acceptors (Lipinski definition) is 6. The van der Waals surface area contributed by atoms with E-state index in [1.807, 2.05) is 30.3 Å². The van der Waals surface area contributed by atoms with Crippen LogP contribution in [0, 0.1) is 5.41 Å². The van der Waals surface area contributed by atoms with E-state index in [-0.39, 0.29) is 26.2 Å². The lowest BCUT2D eigenvalue weighted by atomic mass is 9.80. The van der Waals surface area contributed by atoms with E-state index in [2.05, 4.69) is 0 Å². The quantitative estimate of drug-likeness (QED) is 0.435.